The van der Waals surface area contributed by atoms with Gasteiger partial charge >= 0.3 is 0 Å². The highest BCUT2D eigenvalue weighted by molar-refractivity contribution is 7.89. The molecule has 2 aromatic rings. The van der Waals surface area contributed by atoms with Crippen molar-refractivity contribution in [1.29, 1.82) is 0 Å². The molecule has 1 N–H and O–H groups in total. The molecule has 0 saturated heterocycles. The Hall–Kier alpha value is -2.18. The molecule has 1 heterocycles. The zero-order valence-corrected chi connectivity index (χ0v) is 17.8. The Bertz CT molecular complexity index is 989. The van der Waals surface area contributed by atoms with Gasteiger partial charge in [0.2, 0.25) is 10.0 Å². The zero-order chi connectivity index (χ0) is 20.5. The first-order valence-electron chi connectivity index (χ1n) is 9.70. The van der Waals surface area contributed by atoms with E-state index in [-0.39, 0.29) is 11.7 Å². The molecule has 2 aromatic carbocycles. The van der Waals surface area contributed by atoms with Gasteiger partial charge < -0.3 is 5.32 Å². The van der Waals surface area contributed by atoms with E-state index in [1.165, 1.54) is 0 Å². The number of hydrogen-bond acceptors (Lipinski definition) is 3. The molecule has 0 fully saturated rings. The fourth-order valence-corrected chi connectivity index (χ4v) is 5.44. The molecule has 1 amide bonds. The van der Waals surface area contributed by atoms with Gasteiger partial charge in [0.25, 0.3) is 5.91 Å². The maximum absolute atomic E-state index is 12.8. The van der Waals surface area contributed by atoms with E-state index in [0.717, 1.165) is 27.8 Å². The van der Waals surface area contributed by atoms with Crippen LogP contribution in [0.15, 0.2) is 30.3 Å². The van der Waals surface area contributed by atoms with Crippen LogP contribution in [0.5, 0.6) is 0 Å². The molecular formula is C22H28N2O3S. The molecule has 0 atom stereocenters. The summed E-state index contributed by atoms with van der Waals surface area (Å²) in [6.07, 6.45) is 1.31. The molecule has 0 radical (unpaired) electrons. The monoisotopic (exact) mass is 400 g/mol. The molecule has 5 nitrogen and oxygen atoms in total. The molecule has 0 spiro atoms. The molecule has 0 unspecified atom stereocenters. The van der Waals surface area contributed by atoms with Gasteiger partial charge in [-0.15, -0.1) is 0 Å². The summed E-state index contributed by atoms with van der Waals surface area (Å²) in [5.41, 5.74) is 6.52. The molecular weight excluding hydrogens is 372 g/mol. The molecule has 150 valence electrons. The highest BCUT2D eigenvalue weighted by Gasteiger charge is 2.26. The Kier molecular flexibility index (Phi) is 5.91. The highest BCUT2D eigenvalue weighted by atomic mass is 32.2. The minimum atomic E-state index is -3.22. The number of fused-ring (bicyclic) bond motifs is 1. The average molecular weight is 401 g/mol. The molecule has 0 saturated carbocycles. The van der Waals surface area contributed by atoms with E-state index >= 15 is 0 Å². The largest absolute Gasteiger partial charge is 0.322 e. The predicted molar refractivity (Wildman–Crippen MR) is 113 cm³/mol. The Morgan fingerprint density at radius 3 is 2.39 bits per heavy atom. The van der Waals surface area contributed by atoms with Crippen molar-refractivity contribution in [1.82, 2.24) is 4.31 Å². The van der Waals surface area contributed by atoms with E-state index in [0.29, 0.717) is 37.2 Å². The summed E-state index contributed by atoms with van der Waals surface area (Å²) in [5, 5.41) is 2.98. The topological polar surface area (TPSA) is 66.5 Å². The summed E-state index contributed by atoms with van der Waals surface area (Å²) in [7, 11) is -3.22. The van der Waals surface area contributed by atoms with Gasteiger partial charge in [-0.2, -0.15) is 4.31 Å². The Labute approximate surface area is 167 Å². The summed E-state index contributed by atoms with van der Waals surface area (Å²) < 4.78 is 26.4. The van der Waals surface area contributed by atoms with Crippen LogP contribution in [0.3, 0.4) is 0 Å². The van der Waals surface area contributed by atoms with Crippen molar-refractivity contribution >= 4 is 21.6 Å². The minimum absolute atomic E-state index is 0.138. The number of nitrogens with zero attached hydrogens (tertiary/aromatic N) is 1. The standard InChI is InChI=1S/C22H28N2O3S/c1-5-10-28(26,27)24-9-8-18-6-7-20(13-19(18)14-24)23-22(25)21-16(3)11-15(2)12-17(21)4/h6-7,11-13H,5,8-10,14H2,1-4H3,(H,23,25). The van der Waals surface area contributed by atoms with Crippen LogP contribution in [0.2, 0.25) is 0 Å². The second-order valence-electron chi connectivity index (χ2n) is 7.61. The third-order valence-corrected chi connectivity index (χ3v) is 7.22. The molecule has 6 heteroatoms. The van der Waals surface area contributed by atoms with Crippen LogP contribution < -0.4 is 5.32 Å². The molecule has 1 aliphatic rings. The molecule has 1 aliphatic heterocycles. The van der Waals surface area contributed by atoms with Crippen LogP contribution in [-0.4, -0.2) is 30.9 Å². The smallest absolute Gasteiger partial charge is 0.256 e. The van der Waals surface area contributed by atoms with Crippen molar-refractivity contribution in [2.24, 2.45) is 0 Å². The van der Waals surface area contributed by atoms with Crippen molar-refractivity contribution in [2.45, 2.75) is 47.1 Å². The number of benzene rings is 2. The Morgan fingerprint density at radius 2 is 1.75 bits per heavy atom. The SMILES string of the molecule is CCCS(=O)(=O)N1CCc2ccc(NC(=O)c3c(C)cc(C)cc3C)cc2C1. The van der Waals surface area contributed by atoms with Crippen LogP contribution in [-0.2, 0) is 23.0 Å². The number of anilines is 1. The molecule has 28 heavy (non-hydrogen) atoms. The van der Waals surface area contributed by atoms with Crippen molar-refractivity contribution in [2.75, 3.05) is 17.6 Å². The molecule has 0 bridgehead atoms. The normalized spacial score (nSPS) is 14.6. The van der Waals surface area contributed by atoms with E-state index in [1.807, 2.05) is 58.0 Å². The van der Waals surface area contributed by atoms with Gasteiger partial charge in [0, 0.05) is 24.3 Å². The molecule has 3 rings (SSSR count). The fraction of sp³-hybridized carbons (Fsp3) is 0.409. The third kappa shape index (κ3) is 4.28. The van der Waals surface area contributed by atoms with Crippen molar-refractivity contribution < 1.29 is 13.2 Å². The van der Waals surface area contributed by atoms with Crippen LogP contribution >= 0.6 is 0 Å². The number of rotatable bonds is 5. The van der Waals surface area contributed by atoms with Gasteiger partial charge in [-0.1, -0.05) is 30.7 Å². The van der Waals surface area contributed by atoms with Crippen LogP contribution in [0.4, 0.5) is 5.69 Å². The van der Waals surface area contributed by atoms with E-state index < -0.39 is 10.0 Å². The average Bonchev–Trinajstić information content (AvgIpc) is 2.60. The van der Waals surface area contributed by atoms with E-state index in [4.69, 9.17) is 0 Å². The summed E-state index contributed by atoms with van der Waals surface area (Å²) in [5.74, 6) is 0.0336. The quantitative estimate of drug-likeness (QED) is 0.826. The number of nitrogens with one attached hydrogen (secondary N) is 1. The lowest BCUT2D eigenvalue weighted by Gasteiger charge is -2.28. The zero-order valence-electron chi connectivity index (χ0n) is 17.0. The van der Waals surface area contributed by atoms with Gasteiger partial charge in [0.15, 0.2) is 0 Å². The van der Waals surface area contributed by atoms with Gasteiger partial charge in [-0.3, -0.25) is 4.79 Å². The van der Waals surface area contributed by atoms with Gasteiger partial charge in [-0.25, -0.2) is 8.42 Å². The molecule has 0 aromatic heterocycles. The summed E-state index contributed by atoms with van der Waals surface area (Å²) >= 11 is 0. The van der Waals surface area contributed by atoms with Gasteiger partial charge in [0.05, 0.1) is 5.75 Å². The fourth-order valence-electron chi connectivity index (χ4n) is 3.97. The van der Waals surface area contributed by atoms with Crippen LogP contribution in [0.1, 0.15) is 51.5 Å². The van der Waals surface area contributed by atoms with Gasteiger partial charge in [0.1, 0.15) is 0 Å². The Morgan fingerprint density at radius 1 is 1.07 bits per heavy atom. The minimum Gasteiger partial charge on any atom is -0.322 e. The maximum Gasteiger partial charge on any atom is 0.256 e. The second-order valence-corrected chi connectivity index (χ2v) is 9.70. The molecule has 0 aliphatic carbocycles. The van der Waals surface area contributed by atoms with Crippen LogP contribution in [0.25, 0.3) is 0 Å². The first-order chi connectivity index (χ1) is 13.2. The van der Waals surface area contributed by atoms with Crippen molar-refractivity contribution in [3.63, 3.8) is 0 Å². The van der Waals surface area contributed by atoms with Gasteiger partial charge in [-0.05, 0) is 68.0 Å². The lowest BCUT2D eigenvalue weighted by molar-refractivity contribution is 0.102. The lowest BCUT2D eigenvalue weighted by Crippen LogP contribution is -2.37. The summed E-state index contributed by atoms with van der Waals surface area (Å²) in [4.78, 5) is 12.8. The first kappa shape index (κ1) is 20.6. The number of carbonyl (C=O) groups is 1. The van der Waals surface area contributed by atoms with Crippen molar-refractivity contribution in [3.05, 3.63) is 63.7 Å². The number of amides is 1. The van der Waals surface area contributed by atoms with E-state index in [1.54, 1.807) is 4.31 Å². The first-order valence-corrected chi connectivity index (χ1v) is 11.3. The lowest BCUT2D eigenvalue weighted by atomic mass is 9.98. The number of sulfonamides is 1. The van der Waals surface area contributed by atoms with Crippen LogP contribution in [0, 0.1) is 20.8 Å². The number of carbonyl (C=O) groups excluding carboxylic acids is 1. The second kappa shape index (κ2) is 8.05. The van der Waals surface area contributed by atoms with Crippen molar-refractivity contribution in [3.8, 4) is 0 Å². The predicted octanol–water partition coefficient (Wildman–Crippen LogP) is 3.96. The maximum atomic E-state index is 12.8. The summed E-state index contributed by atoms with van der Waals surface area (Å²) in [6.45, 7) is 8.66. The Balaban J connectivity index is 1.82. The third-order valence-electron chi connectivity index (χ3n) is 5.20. The van der Waals surface area contributed by atoms with E-state index in [9.17, 15) is 13.2 Å². The highest BCUT2D eigenvalue weighted by Crippen LogP contribution is 2.26. The number of hydrogen-bond donors (Lipinski definition) is 1. The number of aryl methyl sites for hydroxylation is 3. The van der Waals surface area contributed by atoms with E-state index in [2.05, 4.69) is 5.32 Å². The summed E-state index contributed by atoms with van der Waals surface area (Å²) in [6, 6.07) is 9.80.